The molecule has 72 valence electrons. The number of aromatic nitrogens is 1. The van der Waals surface area contributed by atoms with E-state index in [0.29, 0.717) is 0 Å². The Morgan fingerprint density at radius 1 is 1.23 bits per heavy atom. The molecule has 1 aromatic heterocycles. The van der Waals surface area contributed by atoms with Crippen LogP contribution in [-0.2, 0) is 11.3 Å². The van der Waals surface area contributed by atoms with Crippen molar-refractivity contribution >= 4 is 5.97 Å². The van der Waals surface area contributed by atoms with Crippen molar-refractivity contribution in [2.75, 3.05) is 0 Å². The number of hydrogen-bond donors (Lipinski definition) is 0. The first-order chi connectivity index (χ1) is 6.20. The Morgan fingerprint density at radius 3 is 1.92 bits per heavy atom. The van der Waals surface area contributed by atoms with Crippen molar-refractivity contribution in [3.8, 4) is 0 Å². The monoisotopic (exact) mass is 181 g/mol. The molecule has 0 aromatic carbocycles. The lowest BCUT2D eigenvalue weighted by atomic mass is 10.5. The molecule has 0 spiro atoms. The van der Waals surface area contributed by atoms with Crippen LogP contribution in [0.3, 0.4) is 0 Å². The average Bonchev–Trinajstić information content (AvgIpc) is 2.20. The number of nitrogens with zero attached hydrogens (tertiary/aromatic N) is 1. The molecule has 0 aliphatic rings. The molecule has 0 unspecified atom stereocenters. The van der Waals surface area contributed by atoms with E-state index in [0.717, 1.165) is 6.54 Å². The Labute approximate surface area is 78.6 Å². The van der Waals surface area contributed by atoms with Crippen molar-refractivity contribution in [3.05, 3.63) is 30.6 Å². The van der Waals surface area contributed by atoms with Crippen LogP contribution in [0, 0.1) is 0 Å². The zero-order valence-corrected chi connectivity index (χ0v) is 8.06. The third kappa shape index (κ3) is 7.00. The highest BCUT2D eigenvalue weighted by Crippen LogP contribution is 1.74. The van der Waals surface area contributed by atoms with Crippen molar-refractivity contribution in [1.29, 1.82) is 0 Å². The van der Waals surface area contributed by atoms with Crippen LogP contribution in [0.1, 0.15) is 20.3 Å². The summed E-state index contributed by atoms with van der Waals surface area (Å²) < 4.78 is 2.12. The number of carboxylic acid groups (broad SMARTS) is 1. The highest BCUT2D eigenvalue weighted by Gasteiger charge is 1.86. The molecule has 1 rings (SSSR count). The molecule has 13 heavy (non-hydrogen) atoms. The first-order valence-corrected chi connectivity index (χ1v) is 4.34. The van der Waals surface area contributed by atoms with E-state index in [9.17, 15) is 9.90 Å². The minimum absolute atomic E-state index is 0.111. The van der Waals surface area contributed by atoms with Crippen LogP contribution in [0.5, 0.6) is 0 Å². The normalized spacial score (nSPS) is 8.46. The molecule has 1 aromatic rings. The predicted molar refractivity (Wildman–Crippen MR) is 47.6 cm³/mol. The maximum atomic E-state index is 9.26. The second-order valence-electron chi connectivity index (χ2n) is 2.43. The SMILES string of the molecule is CCC(=O)[O-].CC[n+]1ccccc1. The summed E-state index contributed by atoms with van der Waals surface area (Å²) in [6.45, 7) is 4.72. The van der Waals surface area contributed by atoms with Crippen molar-refractivity contribution in [2.45, 2.75) is 26.8 Å². The molecule has 1 heterocycles. The van der Waals surface area contributed by atoms with E-state index in [4.69, 9.17) is 0 Å². The highest BCUT2D eigenvalue weighted by molar-refractivity contribution is 5.63. The predicted octanol–water partition coefficient (Wildman–Crippen LogP) is 0.140. The summed E-state index contributed by atoms with van der Waals surface area (Å²) in [5.41, 5.74) is 0. The smallest absolute Gasteiger partial charge is 0.168 e. The minimum Gasteiger partial charge on any atom is -0.550 e. The van der Waals surface area contributed by atoms with Crippen molar-refractivity contribution in [2.24, 2.45) is 0 Å². The molecular weight excluding hydrogens is 166 g/mol. The standard InChI is InChI=1S/C7H10N.C3H6O2/c1-2-8-6-4-3-5-7-8;1-2-3(4)5/h3-7H,2H2,1H3;2H2,1H3,(H,4,5)/q+1;/p-1. The number of rotatable bonds is 2. The third-order valence-electron chi connectivity index (χ3n) is 1.43. The fourth-order valence-electron chi connectivity index (χ4n) is 0.645. The Hall–Kier alpha value is -1.38. The highest BCUT2D eigenvalue weighted by atomic mass is 16.4. The quantitative estimate of drug-likeness (QED) is 0.609. The number of aliphatic carboxylic acids is 1. The van der Waals surface area contributed by atoms with E-state index in [1.807, 2.05) is 18.2 Å². The second kappa shape index (κ2) is 7.28. The summed E-state index contributed by atoms with van der Waals surface area (Å²) in [4.78, 5) is 9.26. The molecule has 0 saturated carbocycles. The molecule has 0 saturated heterocycles. The first kappa shape index (κ1) is 11.6. The lowest BCUT2D eigenvalue weighted by Gasteiger charge is -1.87. The summed E-state index contributed by atoms with van der Waals surface area (Å²) in [5.74, 6) is -0.995. The first-order valence-electron chi connectivity index (χ1n) is 4.34. The van der Waals surface area contributed by atoms with E-state index >= 15 is 0 Å². The molecule has 0 fully saturated rings. The lowest BCUT2D eigenvalue weighted by Crippen LogP contribution is -2.30. The molecule has 0 amide bonds. The van der Waals surface area contributed by atoms with Crippen LogP contribution in [0.4, 0.5) is 0 Å². The van der Waals surface area contributed by atoms with Gasteiger partial charge in [0.1, 0.15) is 6.54 Å². The van der Waals surface area contributed by atoms with Crippen LogP contribution in [0.15, 0.2) is 30.6 Å². The topological polar surface area (TPSA) is 44.0 Å². The van der Waals surface area contributed by atoms with Crippen LogP contribution in [0.2, 0.25) is 0 Å². The van der Waals surface area contributed by atoms with Gasteiger partial charge in [-0.2, -0.15) is 0 Å². The van der Waals surface area contributed by atoms with Crippen LogP contribution in [0.25, 0.3) is 0 Å². The molecule has 0 radical (unpaired) electrons. The fourth-order valence-corrected chi connectivity index (χ4v) is 0.645. The van der Waals surface area contributed by atoms with Gasteiger partial charge in [0.05, 0.1) is 0 Å². The number of aryl methyl sites for hydroxylation is 1. The van der Waals surface area contributed by atoms with Gasteiger partial charge in [-0.3, -0.25) is 0 Å². The maximum Gasteiger partial charge on any atom is 0.168 e. The number of hydrogen-bond acceptors (Lipinski definition) is 2. The number of pyridine rings is 1. The van der Waals surface area contributed by atoms with Gasteiger partial charge < -0.3 is 9.90 Å². The lowest BCUT2D eigenvalue weighted by molar-refractivity contribution is -0.693. The van der Waals surface area contributed by atoms with Gasteiger partial charge in [-0.25, -0.2) is 4.57 Å². The summed E-state index contributed by atoms with van der Waals surface area (Å²) in [5, 5.41) is 9.26. The fraction of sp³-hybridized carbons (Fsp3) is 0.400. The Kier molecular flexibility index (Phi) is 6.51. The number of carbonyl (C=O) groups is 1. The van der Waals surface area contributed by atoms with Gasteiger partial charge in [-0.15, -0.1) is 0 Å². The van der Waals surface area contributed by atoms with Crippen molar-refractivity contribution < 1.29 is 14.5 Å². The van der Waals surface area contributed by atoms with Gasteiger partial charge in [0.25, 0.3) is 0 Å². The maximum absolute atomic E-state index is 9.26. The zero-order chi connectivity index (χ0) is 10.1. The van der Waals surface area contributed by atoms with Gasteiger partial charge in [0.15, 0.2) is 12.4 Å². The Balaban J connectivity index is 0.000000252. The summed E-state index contributed by atoms with van der Waals surface area (Å²) >= 11 is 0. The Morgan fingerprint density at radius 2 is 1.69 bits per heavy atom. The van der Waals surface area contributed by atoms with Crippen LogP contribution < -0.4 is 9.67 Å². The second-order valence-corrected chi connectivity index (χ2v) is 2.43. The molecule has 3 heteroatoms. The van der Waals surface area contributed by atoms with Crippen LogP contribution >= 0.6 is 0 Å². The molecule has 3 nitrogen and oxygen atoms in total. The van der Waals surface area contributed by atoms with E-state index < -0.39 is 5.97 Å². The molecule has 0 aliphatic heterocycles. The number of carbonyl (C=O) groups excluding carboxylic acids is 1. The van der Waals surface area contributed by atoms with E-state index in [-0.39, 0.29) is 6.42 Å². The van der Waals surface area contributed by atoms with Gasteiger partial charge in [-0.1, -0.05) is 13.0 Å². The van der Waals surface area contributed by atoms with Crippen molar-refractivity contribution in [3.63, 3.8) is 0 Å². The molecule has 0 N–H and O–H groups in total. The molecule has 0 atom stereocenters. The Bertz CT molecular complexity index is 234. The van der Waals surface area contributed by atoms with Gasteiger partial charge in [0.2, 0.25) is 0 Å². The van der Waals surface area contributed by atoms with Crippen LogP contribution in [-0.4, -0.2) is 5.97 Å². The average molecular weight is 181 g/mol. The summed E-state index contributed by atoms with van der Waals surface area (Å²) in [7, 11) is 0. The van der Waals surface area contributed by atoms with Gasteiger partial charge >= 0.3 is 0 Å². The van der Waals surface area contributed by atoms with E-state index in [1.54, 1.807) is 0 Å². The largest absolute Gasteiger partial charge is 0.550 e. The molecule has 0 aliphatic carbocycles. The molecular formula is C10H15NO2. The summed E-state index contributed by atoms with van der Waals surface area (Å²) in [6.07, 6.45) is 4.22. The zero-order valence-electron chi connectivity index (χ0n) is 8.06. The number of carboxylic acids is 1. The molecule has 0 bridgehead atoms. The van der Waals surface area contributed by atoms with Gasteiger partial charge in [0, 0.05) is 18.1 Å². The van der Waals surface area contributed by atoms with Crippen molar-refractivity contribution in [1.82, 2.24) is 0 Å². The van der Waals surface area contributed by atoms with E-state index in [1.165, 1.54) is 6.92 Å². The minimum atomic E-state index is -0.995. The van der Waals surface area contributed by atoms with Gasteiger partial charge in [-0.05, 0) is 13.3 Å². The third-order valence-corrected chi connectivity index (χ3v) is 1.43. The summed E-state index contributed by atoms with van der Waals surface area (Å²) in [6, 6.07) is 6.08. The van der Waals surface area contributed by atoms with E-state index in [2.05, 4.69) is 23.9 Å².